The molecule has 0 atom stereocenters. The van der Waals surface area contributed by atoms with Crippen molar-refractivity contribution in [2.24, 2.45) is 0 Å². The summed E-state index contributed by atoms with van der Waals surface area (Å²) >= 11 is 0. The summed E-state index contributed by atoms with van der Waals surface area (Å²) in [5, 5.41) is 1.88. The van der Waals surface area contributed by atoms with Gasteiger partial charge in [0, 0.05) is 24.1 Å². The minimum Gasteiger partial charge on any atom is -0.289 e. The highest BCUT2D eigenvalue weighted by Gasteiger charge is 2.13. The van der Waals surface area contributed by atoms with Gasteiger partial charge in [0.15, 0.2) is 5.43 Å². The van der Waals surface area contributed by atoms with Crippen molar-refractivity contribution in [3.8, 4) is 0 Å². The molecule has 0 aromatic heterocycles. The zero-order valence-electron chi connectivity index (χ0n) is 8.92. The highest BCUT2D eigenvalue weighted by Crippen LogP contribution is 2.20. The molecule has 0 spiro atoms. The summed E-state index contributed by atoms with van der Waals surface area (Å²) in [6.07, 6.45) is 0. The molecule has 0 amide bonds. The molecule has 2 rings (SSSR count). The second-order valence-electron chi connectivity index (χ2n) is 3.65. The van der Waals surface area contributed by atoms with Gasteiger partial charge in [-0.15, -0.1) is 0 Å². The van der Waals surface area contributed by atoms with E-state index in [4.69, 9.17) is 0 Å². The van der Waals surface area contributed by atoms with Gasteiger partial charge in [-0.25, -0.2) is 0 Å². The molecule has 0 saturated carbocycles. The maximum absolute atomic E-state index is 10.9. The van der Waals surface area contributed by atoms with Crippen LogP contribution >= 0.6 is 7.80 Å². The fraction of sp³-hybridized carbons (Fsp3) is 0.364. The quantitative estimate of drug-likeness (QED) is 0.625. The van der Waals surface area contributed by atoms with Gasteiger partial charge in [0.1, 0.15) is 0 Å². The van der Waals surface area contributed by atoms with E-state index in [2.05, 4.69) is 0 Å². The van der Waals surface area contributed by atoms with Crippen molar-refractivity contribution in [2.75, 3.05) is 13.3 Å². The standard InChI is InChI=1S/C9H8O.C2H6OP/c1-5-3-6(2)8-7(4-5)9(8)10;1-4(2)3/h3-4H,1-2H3;1-2H3. The highest BCUT2D eigenvalue weighted by atomic mass is 31.1. The van der Waals surface area contributed by atoms with E-state index < -0.39 is 7.80 Å². The molecular formula is C11H14O2P. The molecule has 75 valence electrons. The van der Waals surface area contributed by atoms with Gasteiger partial charge in [0.05, 0.1) is 7.80 Å². The number of hydrogen-bond acceptors (Lipinski definition) is 2. The molecule has 2 aromatic rings. The van der Waals surface area contributed by atoms with Crippen molar-refractivity contribution in [1.29, 1.82) is 0 Å². The molecule has 0 aliphatic carbocycles. The van der Waals surface area contributed by atoms with Crippen LogP contribution in [0.2, 0.25) is 0 Å². The second kappa shape index (κ2) is 4.02. The van der Waals surface area contributed by atoms with Crippen LogP contribution in [0.4, 0.5) is 0 Å². The van der Waals surface area contributed by atoms with Crippen LogP contribution in [0, 0.1) is 13.8 Å². The summed E-state index contributed by atoms with van der Waals surface area (Å²) in [6.45, 7) is 7.35. The van der Waals surface area contributed by atoms with E-state index in [0.29, 0.717) is 0 Å². The molecule has 0 aliphatic rings. The monoisotopic (exact) mass is 209 g/mol. The van der Waals surface area contributed by atoms with E-state index in [0.717, 1.165) is 16.3 Å². The van der Waals surface area contributed by atoms with E-state index in [1.165, 1.54) is 5.56 Å². The third-order valence-corrected chi connectivity index (χ3v) is 1.89. The van der Waals surface area contributed by atoms with Crippen LogP contribution in [0.3, 0.4) is 0 Å². The number of aryl methyl sites for hydroxylation is 2. The van der Waals surface area contributed by atoms with Crippen LogP contribution in [0.1, 0.15) is 11.1 Å². The van der Waals surface area contributed by atoms with Crippen molar-refractivity contribution < 1.29 is 4.57 Å². The Balaban J connectivity index is 0.000000213. The smallest absolute Gasteiger partial charge is 0.194 e. The van der Waals surface area contributed by atoms with Gasteiger partial charge in [-0.3, -0.25) is 9.36 Å². The lowest BCUT2D eigenvalue weighted by Gasteiger charge is -1.88. The van der Waals surface area contributed by atoms with Crippen LogP contribution in [0.25, 0.3) is 10.8 Å². The molecule has 3 heteroatoms. The van der Waals surface area contributed by atoms with Crippen LogP contribution in [0.15, 0.2) is 16.9 Å². The van der Waals surface area contributed by atoms with Crippen molar-refractivity contribution >= 4 is 18.6 Å². The van der Waals surface area contributed by atoms with E-state index in [9.17, 15) is 9.36 Å². The lowest BCUT2D eigenvalue weighted by Crippen LogP contribution is -1.71. The van der Waals surface area contributed by atoms with Crippen LogP contribution < -0.4 is 5.43 Å². The summed E-state index contributed by atoms with van der Waals surface area (Å²) in [6, 6.07) is 3.99. The fourth-order valence-electron chi connectivity index (χ4n) is 1.40. The van der Waals surface area contributed by atoms with Crippen molar-refractivity contribution in [3.63, 3.8) is 0 Å². The molecule has 0 saturated heterocycles. The largest absolute Gasteiger partial charge is 0.289 e. The Hall–Kier alpha value is -1.01. The minimum absolute atomic E-state index is 0.241. The lowest BCUT2D eigenvalue weighted by atomic mass is 10.2. The maximum atomic E-state index is 10.9. The average Bonchev–Trinajstić information content (AvgIpc) is 2.59. The molecule has 0 bridgehead atoms. The summed E-state index contributed by atoms with van der Waals surface area (Å²) in [5.41, 5.74) is 2.55. The van der Waals surface area contributed by atoms with E-state index in [1.54, 1.807) is 13.3 Å². The summed E-state index contributed by atoms with van der Waals surface area (Å²) in [5.74, 6) is 0. The molecule has 2 nitrogen and oxygen atoms in total. The minimum atomic E-state index is -0.870. The predicted octanol–water partition coefficient (Wildman–Crippen LogP) is 2.77. The Bertz CT molecular complexity index is 486. The van der Waals surface area contributed by atoms with Crippen LogP contribution in [0.5, 0.6) is 0 Å². The second-order valence-corrected chi connectivity index (χ2v) is 5.27. The molecular weight excluding hydrogens is 195 g/mol. The van der Waals surface area contributed by atoms with Gasteiger partial charge < -0.3 is 0 Å². The van der Waals surface area contributed by atoms with Gasteiger partial charge in [0.2, 0.25) is 0 Å². The van der Waals surface area contributed by atoms with E-state index in [1.807, 2.05) is 26.0 Å². The molecule has 0 heterocycles. The summed E-state index contributed by atoms with van der Waals surface area (Å²) in [7, 11) is -0.870. The van der Waals surface area contributed by atoms with Gasteiger partial charge >= 0.3 is 0 Å². The Morgan fingerprint density at radius 2 is 1.64 bits per heavy atom. The molecule has 0 unspecified atom stereocenters. The first kappa shape index (κ1) is 11.1. The number of benzene rings is 1. The zero-order valence-corrected chi connectivity index (χ0v) is 9.81. The third-order valence-electron chi connectivity index (χ3n) is 1.89. The van der Waals surface area contributed by atoms with Crippen molar-refractivity contribution in [1.82, 2.24) is 0 Å². The van der Waals surface area contributed by atoms with Gasteiger partial charge in [-0.1, -0.05) is 11.6 Å². The van der Waals surface area contributed by atoms with Gasteiger partial charge in [0.25, 0.3) is 0 Å². The van der Waals surface area contributed by atoms with Crippen LogP contribution in [-0.2, 0) is 4.57 Å². The van der Waals surface area contributed by atoms with E-state index in [-0.39, 0.29) is 5.43 Å². The Labute approximate surface area is 84.4 Å². The highest BCUT2D eigenvalue weighted by molar-refractivity contribution is 7.42. The fourth-order valence-corrected chi connectivity index (χ4v) is 1.40. The third kappa shape index (κ3) is 2.49. The number of fused-ring (bicyclic) bond motifs is 1. The first-order valence-electron chi connectivity index (χ1n) is 4.44. The zero-order chi connectivity index (χ0) is 10.9. The van der Waals surface area contributed by atoms with Gasteiger partial charge in [-0.05, 0) is 25.5 Å². The molecule has 1 radical (unpaired) electrons. The number of hydrogen-bond donors (Lipinski definition) is 0. The molecule has 0 fully saturated rings. The topological polar surface area (TPSA) is 34.1 Å². The van der Waals surface area contributed by atoms with Crippen molar-refractivity contribution in [2.45, 2.75) is 13.8 Å². The molecule has 2 aromatic carbocycles. The Morgan fingerprint density at radius 1 is 1.14 bits per heavy atom. The van der Waals surface area contributed by atoms with Gasteiger partial charge in [-0.2, -0.15) is 0 Å². The Morgan fingerprint density at radius 3 is 2.07 bits per heavy atom. The SMILES string of the molecule is C[P](C)=O.Cc1cc(C)c2c(=O)c2c1. The summed E-state index contributed by atoms with van der Waals surface area (Å²) in [4.78, 5) is 10.9. The molecule has 0 N–H and O–H groups in total. The summed E-state index contributed by atoms with van der Waals surface area (Å²) < 4.78 is 9.59. The predicted molar refractivity (Wildman–Crippen MR) is 61.5 cm³/mol. The maximum Gasteiger partial charge on any atom is 0.194 e. The number of rotatable bonds is 0. The normalized spacial score (nSPS) is 10.0. The lowest BCUT2D eigenvalue weighted by molar-refractivity contribution is 0.594. The molecule has 14 heavy (non-hydrogen) atoms. The first-order chi connectivity index (χ1) is 6.43. The first-order valence-corrected chi connectivity index (χ1v) is 6.59. The van der Waals surface area contributed by atoms with E-state index >= 15 is 0 Å². The Kier molecular flexibility index (Phi) is 3.17. The van der Waals surface area contributed by atoms with Crippen molar-refractivity contribution in [3.05, 3.63) is 33.5 Å². The van der Waals surface area contributed by atoms with Crippen LogP contribution in [-0.4, -0.2) is 13.3 Å². The molecule has 0 aliphatic heterocycles. The average molecular weight is 209 g/mol.